The minimum absolute atomic E-state index is 0.230. The van der Waals surface area contributed by atoms with Crippen molar-refractivity contribution in [2.24, 2.45) is 0 Å². The lowest BCUT2D eigenvalue weighted by Gasteiger charge is -2.35. The Morgan fingerprint density at radius 3 is 2.48 bits per heavy atom. The Bertz CT molecular complexity index is 984. The summed E-state index contributed by atoms with van der Waals surface area (Å²) in [5.41, 5.74) is 4.29. The Morgan fingerprint density at radius 2 is 1.81 bits per heavy atom. The molecule has 2 aromatic carbocycles. The minimum Gasteiger partial charge on any atom is -0.504 e. The average molecular weight is 419 g/mol. The molecule has 1 aromatic heterocycles. The summed E-state index contributed by atoms with van der Waals surface area (Å²) >= 11 is 0. The van der Waals surface area contributed by atoms with Crippen molar-refractivity contribution in [3.05, 3.63) is 77.5 Å². The fraction of sp³-hybridized carbons (Fsp3) is 0.320. The summed E-state index contributed by atoms with van der Waals surface area (Å²) in [5, 5.41) is 14.1. The third-order valence-corrected chi connectivity index (χ3v) is 5.72. The van der Waals surface area contributed by atoms with Gasteiger partial charge in [0.25, 0.3) is 0 Å². The number of pyridine rings is 1. The highest BCUT2D eigenvalue weighted by Crippen LogP contribution is 2.33. The van der Waals surface area contributed by atoms with Crippen LogP contribution in [0.1, 0.15) is 16.7 Å². The Balaban J connectivity index is 1.41. The van der Waals surface area contributed by atoms with Gasteiger partial charge in [-0.2, -0.15) is 0 Å². The third-order valence-electron chi connectivity index (χ3n) is 5.72. The number of aromatic hydroxyl groups is 1. The van der Waals surface area contributed by atoms with E-state index in [1.54, 1.807) is 7.11 Å². The molecular formula is C25H30N4O2. The normalized spacial score (nSPS) is 14.5. The molecule has 1 saturated heterocycles. The first kappa shape index (κ1) is 21.0. The summed E-state index contributed by atoms with van der Waals surface area (Å²) in [6, 6.07) is 18.3. The first-order valence-corrected chi connectivity index (χ1v) is 10.7. The molecule has 1 aliphatic heterocycles. The maximum atomic E-state index is 10.7. The molecule has 0 saturated carbocycles. The van der Waals surface area contributed by atoms with Crippen LogP contribution in [0.3, 0.4) is 0 Å². The van der Waals surface area contributed by atoms with Crippen molar-refractivity contribution in [1.82, 2.24) is 9.88 Å². The number of piperazine rings is 1. The fourth-order valence-electron chi connectivity index (χ4n) is 3.90. The van der Waals surface area contributed by atoms with Crippen LogP contribution in [-0.2, 0) is 13.1 Å². The number of aromatic nitrogens is 1. The van der Waals surface area contributed by atoms with E-state index in [1.165, 1.54) is 5.56 Å². The first-order valence-electron chi connectivity index (χ1n) is 10.7. The largest absolute Gasteiger partial charge is 0.504 e. The van der Waals surface area contributed by atoms with Crippen molar-refractivity contribution in [3.8, 4) is 11.5 Å². The van der Waals surface area contributed by atoms with E-state index >= 15 is 0 Å². The highest BCUT2D eigenvalue weighted by atomic mass is 16.5. The maximum absolute atomic E-state index is 10.7. The van der Waals surface area contributed by atoms with Crippen molar-refractivity contribution in [2.75, 3.05) is 43.5 Å². The summed E-state index contributed by atoms with van der Waals surface area (Å²) in [6.45, 7) is 7.12. The number of rotatable bonds is 7. The molecule has 2 N–H and O–H groups in total. The van der Waals surface area contributed by atoms with E-state index in [9.17, 15) is 5.11 Å². The van der Waals surface area contributed by atoms with Gasteiger partial charge < -0.3 is 20.1 Å². The molecule has 0 amide bonds. The summed E-state index contributed by atoms with van der Waals surface area (Å²) in [6.07, 6.45) is 1.84. The molecule has 0 unspecified atom stereocenters. The molecule has 31 heavy (non-hydrogen) atoms. The van der Waals surface area contributed by atoms with E-state index in [2.05, 4.69) is 63.4 Å². The fourth-order valence-corrected chi connectivity index (χ4v) is 3.90. The number of phenols is 1. The van der Waals surface area contributed by atoms with Crippen LogP contribution in [0.25, 0.3) is 0 Å². The number of ether oxygens (including phenoxy) is 1. The molecule has 4 rings (SSSR count). The molecule has 3 aromatic rings. The molecule has 1 aliphatic rings. The number of phenolic OH excluding ortho intramolecular Hbond substituents is 1. The molecule has 0 atom stereocenters. The number of aryl methyl sites for hydroxylation is 1. The predicted octanol–water partition coefficient (Wildman–Crippen LogP) is 4.04. The van der Waals surface area contributed by atoms with Gasteiger partial charge in [-0.25, -0.2) is 4.98 Å². The van der Waals surface area contributed by atoms with E-state index in [1.807, 2.05) is 24.4 Å². The molecule has 0 radical (unpaired) electrons. The van der Waals surface area contributed by atoms with Crippen LogP contribution < -0.4 is 15.0 Å². The molecule has 0 aliphatic carbocycles. The summed E-state index contributed by atoms with van der Waals surface area (Å²) in [5.74, 6) is 1.77. The lowest BCUT2D eigenvalue weighted by atomic mass is 10.1. The van der Waals surface area contributed by atoms with Gasteiger partial charge in [0.05, 0.1) is 7.11 Å². The quantitative estimate of drug-likeness (QED) is 0.604. The van der Waals surface area contributed by atoms with Crippen molar-refractivity contribution < 1.29 is 9.84 Å². The van der Waals surface area contributed by atoms with Gasteiger partial charge in [-0.05, 0) is 48.9 Å². The Kier molecular flexibility index (Phi) is 6.57. The molecule has 6 heteroatoms. The van der Waals surface area contributed by atoms with Crippen LogP contribution in [0.2, 0.25) is 0 Å². The third kappa shape index (κ3) is 5.27. The Morgan fingerprint density at radius 1 is 1.03 bits per heavy atom. The highest BCUT2D eigenvalue weighted by molar-refractivity contribution is 5.51. The lowest BCUT2D eigenvalue weighted by Crippen LogP contribution is -2.46. The van der Waals surface area contributed by atoms with Crippen LogP contribution in [0.4, 0.5) is 11.5 Å². The molecule has 162 valence electrons. The maximum Gasteiger partial charge on any atom is 0.162 e. The number of benzene rings is 2. The summed E-state index contributed by atoms with van der Waals surface area (Å²) < 4.78 is 5.45. The second-order valence-electron chi connectivity index (χ2n) is 7.98. The second-order valence-corrected chi connectivity index (χ2v) is 7.98. The van der Waals surface area contributed by atoms with Gasteiger partial charge >= 0.3 is 0 Å². The molecule has 2 heterocycles. The van der Waals surface area contributed by atoms with Crippen molar-refractivity contribution in [1.29, 1.82) is 0 Å². The van der Waals surface area contributed by atoms with E-state index in [0.717, 1.165) is 48.8 Å². The van der Waals surface area contributed by atoms with Gasteiger partial charge in [0.1, 0.15) is 5.82 Å². The first-order chi connectivity index (χ1) is 15.1. The van der Waals surface area contributed by atoms with E-state index in [0.29, 0.717) is 18.8 Å². The number of anilines is 2. The lowest BCUT2D eigenvalue weighted by molar-refractivity contribution is 0.245. The van der Waals surface area contributed by atoms with Gasteiger partial charge in [-0.3, -0.25) is 4.90 Å². The van der Waals surface area contributed by atoms with E-state index in [-0.39, 0.29) is 5.75 Å². The van der Waals surface area contributed by atoms with Crippen LogP contribution in [0.5, 0.6) is 11.5 Å². The monoisotopic (exact) mass is 418 g/mol. The Hall–Kier alpha value is -3.25. The average Bonchev–Trinajstić information content (AvgIpc) is 2.81. The zero-order valence-corrected chi connectivity index (χ0v) is 18.2. The molecular weight excluding hydrogens is 388 g/mol. The smallest absolute Gasteiger partial charge is 0.162 e. The minimum atomic E-state index is 0.230. The summed E-state index contributed by atoms with van der Waals surface area (Å²) in [4.78, 5) is 9.12. The zero-order chi connectivity index (χ0) is 21.6. The van der Waals surface area contributed by atoms with Crippen molar-refractivity contribution in [2.45, 2.75) is 20.0 Å². The van der Waals surface area contributed by atoms with Gasteiger partial charge in [0.2, 0.25) is 0 Å². The second kappa shape index (κ2) is 9.71. The van der Waals surface area contributed by atoms with E-state index in [4.69, 9.17) is 4.74 Å². The number of hydrogen-bond acceptors (Lipinski definition) is 6. The van der Waals surface area contributed by atoms with Gasteiger partial charge in [-0.15, -0.1) is 0 Å². The Labute approximate surface area is 184 Å². The molecule has 0 spiro atoms. The number of nitrogens with zero attached hydrogens (tertiary/aromatic N) is 3. The topological polar surface area (TPSA) is 60.9 Å². The van der Waals surface area contributed by atoms with Crippen LogP contribution >= 0.6 is 0 Å². The number of nitrogens with one attached hydrogen (secondary N) is 1. The van der Waals surface area contributed by atoms with Gasteiger partial charge in [0, 0.05) is 56.7 Å². The molecule has 1 fully saturated rings. The van der Waals surface area contributed by atoms with Crippen LogP contribution in [0, 0.1) is 6.92 Å². The summed E-state index contributed by atoms with van der Waals surface area (Å²) in [7, 11) is 1.60. The predicted molar refractivity (Wildman–Crippen MR) is 125 cm³/mol. The SMILES string of the molecule is COc1cc(CNc2ccc(C)cc2)cc(CN2CCN(c3ccccn3)CC2)c1O. The van der Waals surface area contributed by atoms with Crippen molar-refractivity contribution >= 4 is 11.5 Å². The standard InChI is InChI=1S/C25H30N4O2/c1-19-6-8-22(9-7-19)27-17-20-15-21(25(30)23(16-20)31-2)18-28-11-13-29(14-12-28)24-5-3-4-10-26-24/h3-10,15-16,27,30H,11-14,17-18H2,1-2H3. The highest BCUT2D eigenvalue weighted by Gasteiger charge is 2.20. The molecule has 0 bridgehead atoms. The zero-order valence-electron chi connectivity index (χ0n) is 18.2. The van der Waals surface area contributed by atoms with Crippen LogP contribution in [-0.4, -0.2) is 48.3 Å². The van der Waals surface area contributed by atoms with Crippen molar-refractivity contribution in [3.63, 3.8) is 0 Å². The van der Waals surface area contributed by atoms with E-state index < -0.39 is 0 Å². The van der Waals surface area contributed by atoms with Crippen LogP contribution in [0.15, 0.2) is 60.8 Å². The number of methoxy groups -OCH3 is 1. The number of hydrogen-bond donors (Lipinski definition) is 2. The van der Waals surface area contributed by atoms with Gasteiger partial charge in [-0.1, -0.05) is 23.8 Å². The van der Waals surface area contributed by atoms with Gasteiger partial charge in [0.15, 0.2) is 11.5 Å². The molecule has 6 nitrogen and oxygen atoms in total.